The van der Waals surface area contributed by atoms with Crippen molar-refractivity contribution < 1.29 is 0 Å². The summed E-state index contributed by atoms with van der Waals surface area (Å²) in [6, 6.07) is 0.740. The lowest BCUT2D eigenvalue weighted by atomic mass is 9.73. The van der Waals surface area contributed by atoms with Gasteiger partial charge < -0.3 is 5.73 Å². The third-order valence-corrected chi connectivity index (χ3v) is 6.33. The quantitative estimate of drug-likeness (QED) is 0.831. The van der Waals surface area contributed by atoms with Gasteiger partial charge >= 0.3 is 0 Å². The van der Waals surface area contributed by atoms with Gasteiger partial charge in [0.05, 0.1) is 0 Å². The van der Waals surface area contributed by atoms with Gasteiger partial charge in [-0.2, -0.15) is 0 Å². The van der Waals surface area contributed by atoms with Crippen LogP contribution in [0.15, 0.2) is 0 Å². The van der Waals surface area contributed by atoms with Crippen molar-refractivity contribution >= 4 is 0 Å². The fourth-order valence-corrected chi connectivity index (χ4v) is 3.72. The highest BCUT2D eigenvalue weighted by molar-refractivity contribution is 5.10. The summed E-state index contributed by atoms with van der Waals surface area (Å²) in [4.78, 5) is 2.63. The summed E-state index contributed by atoms with van der Waals surface area (Å²) in [5, 5.41) is 0. The zero-order valence-electron chi connectivity index (χ0n) is 13.1. The highest BCUT2D eigenvalue weighted by atomic mass is 15.2. The van der Waals surface area contributed by atoms with Crippen LogP contribution in [-0.4, -0.2) is 30.1 Å². The molecule has 2 rings (SSSR count). The van der Waals surface area contributed by atoms with E-state index in [1.807, 2.05) is 0 Å². The summed E-state index contributed by atoms with van der Waals surface area (Å²) in [6.45, 7) is 10.4. The van der Waals surface area contributed by atoms with E-state index in [1.54, 1.807) is 0 Å². The molecule has 0 bridgehead atoms. The molecule has 0 saturated heterocycles. The molecule has 0 aromatic carbocycles. The predicted molar refractivity (Wildman–Crippen MR) is 78.6 cm³/mol. The first-order valence-corrected chi connectivity index (χ1v) is 7.67. The second-order valence-electron chi connectivity index (χ2n) is 8.04. The molecular weight excluding hydrogens is 220 g/mol. The van der Waals surface area contributed by atoms with Crippen LogP contribution in [0.4, 0.5) is 0 Å². The third kappa shape index (κ3) is 2.34. The van der Waals surface area contributed by atoms with Crippen molar-refractivity contribution in [2.75, 3.05) is 13.6 Å². The van der Waals surface area contributed by atoms with Crippen LogP contribution in [0.5, 0.6) is 0 Å². The Balaban J connectivity index is 2.04. The minimum absolute atomic E-state index is 0.194. The van der Waals surface area contributed by atoms with E-state index in [-0.39, 0.29) is 5.54 Å². The van der Waals surface area contributed by atoms with Gasteiger partial charge in [-0.05, 0) is 63.3 Å². The molecule has 1 atom stereocenters. The van der Waals surface area contributed by atoms with Gasteiger partial charge in [-0.15, -0.1) is 0 Å². The van der Waals surface area contributed by atoms with Crippen LogP contribution in [0.25, 0.3) is 0 Å². The maximum Gasteiger partial charge on any atom is 0.0356 e. The van der Waals surface area contributed by atoms with Gasteiger partial charge in [0, 0.05) is 18.1 Å². The molecule has 0 amide bonds. The zero-order valence-corrected chi connectivity index (χ0v) is 13.1. The monoisotopic (exact) mass is 252 g/mol. The number of nitrogens with two attached hydrogens (primary N) is 1. The van der Waals surface area contributed by atoms with Crippen LogP contribution in [0.2, 0.25) is 0 Å². The van der Waals surface area contributed by atoms with Crippen molar-refractivity contribution in [2.45, 2.75) is 77.8 Å². The molecule has 0 spiro atoms. The fourth-order valence-electron chi connectivity index (χ4n) is 3.72. The van der Waals surface area contributed by atoms with E-state index in [0.29, 0.717) is 10.8 Å². The number of rotatable bonds is 4. The second-order valence-corrected chi connectivity index (χ2v) is 8.04. The molecule has 2 nitrogen and oxygen atoms in total. The van der Waals surface area contributed by atoms with Gasteiger partial charge in [0.15, 0.2) is 0 Å². The molecule has 2 fully saturated rings. The molecule has 2 aliphatic rings. The van der Waals surface area contributed by atoms with Crippen LogP contribution in [0.3, 0.4) is 0 Å². The molecule has 106 valence electrons. The number of hydrogen-bond donors (Lipinski definition) is 1. The minimum atomic E-state index is 0.194. The van der Waals surface area contributed by atoms with E-state index in [9.17, 15) is 0 Å². The Bertz CT molecular complexity index is 296. The van der Waals surface area contributed by atoms with Gasteiger partial charge in [-0.3, -0.25) is 4.90 Å². The lowest BCUT2D eigenvalue weighted by molar-refractivity contribution is 0.00574. The minimum Gasteiger partial charge on any atom is -0.329 e. The lowest BCUT2D eigenvalue weighted by Crippen LogP contribution is -2.59. The van der Waals surface area contributed by atoms with Crippen LogP contribution in [-0.2, 0) is 0 Å². The topological polar surface area (TPSA) is 29.3 Å². The van der Waals surface area contributed by atoms with Crippen molar-refractivity contribution in [3.05, 3.63) is 0 Å². The van der Waals surface area contributed by atoms with Crippen LogP contribution < -0.4 is 5.73 Å². The van der Waals surface area contributed by atoms with Gasteiger partial charge in [0.2, 0.25) is 0 Å². The first-order chi connectivity index (χ1) is 8.24. The molecule has 2 heteroatoms. The summed E-state index contributed by atoms with van der Waals surface area (Å²) in [7, 11) is 2.32. The summed E-state index contributed by atoms with van der Waals surface area (Å²) in [5.74, 6) is 0. The third-order valence-electron chi connectivity index (χ3n) is 6.33. The van der Waals surface area contributed by atoms with E-state index in [0.717, 1.165) is 12.6 Å². The summed E-state index contributed by atoms with van der Waals surface area (Å²) in [6.07, 6.45) is 8.11. The Labute approximate surface area is 113 Å². The first-order valence-electron chi connectivity index (χ1n) is 7.67. The maximum atomic E-state index is 6.15. The number of likely N-dealkylation sites (N-methyl/N-ethyl adjacent to an activating group) is 1. The number of nitrogens with zero attached hydrogens (tertiary/aromatic N) is 1. The molecular formula is C16H32N2. The normalized spacial score (nSPS) is 30.2. The molecule has 0 aromatic heterocycles. The molecule has 0 aliphatic heterocycles. The Morgan fingerprint density at radius 3 is 2.00 bits per heavy atom. The van der Waals surface area contributed by atoms with Crippen LogP contribution >= 0.6 is 0 Å². The van der Waals surface area contributed by atoms with Crippen LogP contribution in [0, 0.1) is 10.8 Å². The highest BCUT2D eigenvalue weighted by Crippen LogP contribution is 2.56. The zero-order chi connectivity index (χ0) is 13.6. The smallest absolute Gasteiger partial charge is 0.0356 e. The SMILES string of the molecule is CN(C1CCC(C)(C)CC1)C(C)(CN)C1(C)CC1. The van der Waals surface area contributed by atoms with Crippen LogP contribution in [0.1, 0.15) is 66.2 Å². The van der Waals surface area contributed by atoms with E-state index < -0.39 is 0 Å². The predicted octanol–water partition coefficient (Wildman–Crippen LogP) is 3.40. The van der Waals surface area contributed by atoms with E-state index in [4.69, 9.17) is 5.73 Å². The largest absolute Gasteiger partial charge is 0.329 e. The van der Waals surface area contributed by atoms with E-state index >= 15 is 0 Å². The molecule has 2 saturated carbocycles. The molecule has 18 heavy (non-hydrogen) atoms. The molecule has 0 radical (unpaired) electrons. The molecule has 1 unspecified atom stereocenters. The van der Waals surface area contributed by atoms with E-state index in [2.05, 4.69) is 39.6 Å². The second kappa shape index (κ2) is 4.49. The average molecular weight is 252 g/mol. The van der Waals surface area contributed by atoms with Gasteiger partial charge in [0.1, 0.15) is 0 Å². The van der Waals surface area contributed by atoms with Gasteiger partial charge in [0.25, 0.3) is 0 Å². The molecule has 2 N–H and O–H groups in total. The Hall–Kier alpha value is -0.0800. The van der Waals surface area contributed by atoms with Gasteiger partial charge in [-0.25, -0.2) is 0 Å². The highest BCUT2D eigenvalue weighted by Gasteiger charge is 2.55. The number of hydrogen-bond acceptors (Lipinski definition) is 2. The summed E-state index contributed by atoms with van der Waals surface area (Å²) in [5.41, 5.74) is 7.36. The summed E-state index contributed by atoms with van der Waals surface area (Å²) >= 11 is 0. The molecule has 2 aliphatic carbocycles. The molecule has 0 aromatic rings. The van der Waals surface area contributed by atoms with Crippen molar-refractivity contribution in [3.63, 3.8) is 0 Å². The van der Waals surface area contributed by atoms with E-state index in [1.165, 1.54) is 38.5 Å². The Morgan fingerprint density at radius 1 is 1.11 bits per heavy atom. The van der Waals surface area contributed by atoms with Gasteiger partial charge in [-0.1, -0.05) is 20.8 Å². The standard InChI is InChI=1S/C16H32N2/c1-14(2)8-6-13(7-9-14)18(5)16(4,12-17)15(3)10-11-15/h13H,6-12,17H2,1-5H3. The first kappa shape index (κ1) is 14.3. The van der Waals surface area contributed by atoms with Crippen molar-refractivity contribution in [1.29, 1.82) is 0 Å². The van der Waals surface area contributed by atoms with Crippen molar-refractivity contribution in [2.24, 2.45) is 16.6 Å². The fraction of sp³-hybridized carbons (Fsp3) is 1.00. The molecule has 0 heterocycles. The van der Waals surface area contributed by atoms with Crippen molar-refractivity contribution in [3.8, 4) is 0 Å². The average Bonchev–Trinajstić information content (AvgIpc) is 3.07. The summed E-state index contributed by atoms with van der Waals surface area (Å²) < 4.78 is 0. The maximum absolute atomic E-state index is 6.15. The Morgan fingerprint density at radius 2 is 1.61 bits per heavy atom. The van der Waals surface area contributed by atoms with Crippen molar-refractivity contribution in [1.82, 2.24) is 4.90 Å². The lowest BCUT2D eigenvalue weighted by Gasteiger charge is -2.50. The Kier molecular flexibility index (Phi) is 3.57.